The highest BCUT2D eigenvalue weighted by atomic mass is 35.5. The molecule has 0 bridgehead atoms. The highest BCUT2D eigenvalue weighted by Gasteiger charge is 2.30. The van der Waals surface area contributed by atoms with Crippen LogP contribution in [-0.2, 0) is 4.74 Å². The third-order valence-electron chi connectivity index (χ3n) is 4.52. The predicted octanol–water partition coefficient (Wildman–Crippen LogP) is 3.60. The van der Waals surface area contributed by atoms with Gasteiger partial charge in [-0.25, -0.2) is 0 Å². The molecule has 1 saturated heterocycles. The Hall–Kier alpha value is -0.570. The molecule has 3 heteroatoms. The number of hydrogen-bond donors (Lipinski definition) is 1. The molecule has 1 saturated carbocycles. The van der Waals surface area contributed by atoms with Crippen LogP contribution in [0.15, 0.2) is 24.3 Å². The Bertz CT molecular complexity index is 394. The molecule has 2 aliphatic rings. The van der Waals surface area contributed by atoms with E-state index in [1.165, 1.54) is 37.8 Å². The lowest BCUT2D eigenvalue weighted by Crippen LogP contribution is -2.42. The number of hydrogen-bond acceptors (Lipinski definition) is 2. The lowest BCUT2D eigenvalue weighted by molar-refractivity contribution is 0.0640. The molecular formula is C16H22ClNO. The van der Waals surface area contributed by atoms with Crippen molar-refractivity contribution in [2.75, 3.05) is 19.8 Å². The van der Waals surface area contributed by atoms with Crippen LogP contribution in [0, 0.1) is 5.92 Å². The van der Waals surface area contributed by atoms with Gasteiger partial charge in [-0.3, -0.25) is 0 Å². The van der Waals surface area contributed by atoms with Crippen molar-refractivity contribution >= 4 is 11.6 Å². The SMILES string of the molecule is Clc1ccc(C2CC(NCC3CCOCC3)C2)cc1. The number of ether oxygens (including phenoxy) is 1. The lowest BCUT2D eigenvalue weighted by Gasteiger charge is -2.37. The van der Waals surface area contributed by atoms with Crippen LogP contribution in [0.2, 0.25) is 5.02 Å². The largest absolute Gasteiger partial charge is 0.381 e. The third kappa shape index (κ3) is 3.50. The second-order valence-corrected chi connectivity index (χ2v) is 6.32. The second kappa shape index (κ2) is 6.25. The first-order valence-corrected chi connectivity index (χ1v) is 7.75. The average molecular weight is 280 g/mol. The van der Waals surface area contributed by atoms with Gasteiger partial charge in [0.15, 0.2) is 0 Å². The number of rotatable bonds is 4. The zero-order valence-electron chi connectivity index (χ0n) is 11.3. The van der Waals surface area contributed by atoms with Gasteiger partial charge in [-0.1, -0.05) is 23.7 Å². The summed E-state index contributed by atoms with van der Waals surface area (Å²) in [6.45, 7) is 3.07. The molecule has 19 heavy (non-hydrogen) atoms. The smallest absolute Gasteiger partial charge is 0.0469 e. The van der Waals surface area contributed by atoms with Gasteiger partial charge in [0.25, 0.3) is 0 Å². The molecule has 104 valence electrons. The van der Waals surface area contributed by atoms with E-state index in [1.807, 2.05) is 12.1 Å². The molecule has 1 aliphatic carbocycles. The van der Waals surface area contributed by atoms with E-state index in [-0.39, 0.29) is 0 Å². The van der Waals surface area contributed by atoms with Crippen LogP contribution in [0.5, 0.6) is 0 Å². The Labute approximate surface area is 120 Å². The van der Waals surface area contributed by atoms with Crippen molar-refractivity contribution in [2.45, 2.75) is 37.6 Å². The normalized spacial score (nSPS) is 28.1. The van der Waals surface area contributed by atoms with Crippen molar-refractivity contribution < 1.29 is 4.74 Å². The fourth-order valence-electron chi connectivity index (χ4n) is 3.08. The minimum atomic E-state index is 0.712. The summed E-state index contributed by atoms with van der Waals surface area (Å²) < 4.78 is 5.39. The molecule has 0 spiro atoms. The maximum absolute atomic E-state index is 5.92. The maximum atomic E-state index is 5.92. The summed E-state index contributed by atoms with van der Waals surface area (Å²) in [7, 11) is 0. The Morgan fingerprint density at radius 1 is 1.11 bits per heavy atom. The van der Waals surface area contributed by atoms with Crippen LogP contribution in [0.4, 0.5) is 0 Å². The summed E-state index contributed by atoms with van der Waals surface area (Å²) in [5.74, 6) is 1.55. The highest BCUT2D eigenvalue weighted by Crippen LogP contribution is 2.37. The Morgan fingerprint density at radius 3 is 2.47 bits per heavy atom. The van der Waals surface area contributed by atoms with Gasteiger partial charge < -0.3 is 10.1 Å². The molecule has 1 aromatic carbocycles. The van der Waals surface area contributed by atoms with Gasteiger partial charge in [-0.15, -0.1) is 0 Å². The van der Waals surface area contributed by atoms with Gasteiger partial charge in [0.1, 0.15) is 0 Å². The standard InChI is InChI=1S/C16H22ClNO/c17-15-3-1-13(2-4-15)14-9-16(10-14)18-11-12-5-7-19-8-6-12/h1-4,12,14,16,18H,5-11H2. The molecule has 0 amide bonds. The van der Waals surface area contributed by atoms with Crippen LogP contribution >= 0.6 is 11.6 Å². The summed E-state index contributed by atoms with van der Waals surface area (Å²) >= 11 is 5.92. The Balaban J connectivity index is 1.39. The molecule has 1 aliphatic heterocycles. The van der Waals surface area contributed by atoms with Gasteiger partial charge in [-0.2, -0.15) is 0 Å². The zero-order valence-corrected chi connectivity index (χ0v) is 12.0. The molecule has 0 aromatic heterocycles. The summed E-state index contributed by atoms with van der Waals surface area (Å²) in [6, 6.07) is 9.05. The molecule has 3 rings (SSSR count). The quantitative estimate of drug-likeness (QED) is 0.909. The van der Waals surface area contributed by atoms with Crippen molar-refractivity contribution in [3.8, 4) is 0 Å². The fraction of sp³-hybridized carbons (Fsp3) is 0.625. The minimum absolute atomic E-state index is 0.712. The molecular weight excluding hydrogens is 258 g/mol. The van der Waals surface area contributed by atoms with Crippen LogP contribution in [0.25, 0.3) is 0 Å². The minimum Gasteiger partial charge on any atom is -0.381 e. The maximum Gasteiger partial charge on any atom is 0.0469 e. The Morgan fingerprint density at radius 2 is 1.79 bits per heavy atom. The fourth-order valence-corrected chi connectivity index (χ4v) is 3.20. The van der Waals surface area contributed by atoms with E-state index < -0.39 is 0 Å². The number of nitrogens with one attached hydrogen (secondary N) is 1. The molecule has 1 aromatic rings. The summed E-state index contributed by atoms with van der Waals surface area (Å²) in [6.07, 6.45) is 4.98. The van der Waals surface area contributed by atoms with Crippen molar-refractivity contribution in [3.63, 3.8) is 0 Å². The zero-order chi connectivity index (χ0) is 13.1. The molecule has 0 radical (unpaired) electrons. The van der Waals surface area contributed by atoms with Crippen LogP contribution in [0.3, 0.4) is 0 Å². The second-order valence-electron chi connectivity index (χ2n) is 5.88. The highest BCUT2D eigenvalue weighted by molar-refractivity contribution is 6.30. The van der Waals surface area contributed by atoms with E-state index in [0.29, 0.717) is 6.04 Å². The van der Waals surface area contributed by atoms with Crippen LogP contribution in [-0.4, -0.2) is 25.8 Å². The van der Waals surface area contributed by atoms with Crippen molar-refractivity contribution in [3.05, 3.63) is 34.9 Å². The van der Waals surface area contributed by atoms with E-state index in [9.17, 15) is 0 Å². The molecule has 2 nitrogen and oxygen atoms in total. The first kappa shape index (κ1) is 13.4. The lowest BCUT2D eigenvalue weighted by atomic mass is 9.75. The van der Waals surface area contributed by atoms with E-state index in [4.69, 9.17) is 16.3 Å². The first-order chi connectivity index (χ1) is 9.31. The van der Waals surface area contributed by atoms with Gasteiger partial charge in [0.05, 0.1) is 0 Å². The molecule has 1 heterocycles. The summed E-state index contributed by atoms with van der Waals surface area (Å²) in [5.41, 5.74) is 1.44. The van der Waals surface area contributed by atoms with Gasteiger partial charge in [-0.05, 0) is 61.8 Å². The predicted molar refractivity (Wildman–Crippen MR) is 78.8 cm³/mol. The molecule has 0 unspecified atom stereocenters. The molecule has 1 N–H and O–H groups in total. The van der Waals surface area contributed by atoms with E-state index in [2.05, 4.69) is 17.4 Å². The number of benzene rings is 1. The first-order valence-electron chi connectivity index (χ1n) is 7.38. The van der Waals surface area contributed by atoms with Crippen molar-refractivity contribution in [1.29, 1.82) is 0 Å². The van der Waals surface area contributed by atoms with Crippen molar-refractivity contribution in [1.82, 2.24) is 5.32 Å². The topological polar surface area (TPSA) is 21.3 Å². The van der Waals surface area contributed by atoms with Gasteiger partial charge in [0.2, 0.25) is 0 Å². The molecule has 0 atom stereocenters. The summed E-state index contributed by atoms with van der Waals surface area (Å²) in [5, 5.41) is 4.55. The van der Waals surface area contributed by atoms with E-state index in [1.54, 1.807) is 0 Å². The summed E-state index contributed by atoms with van der Waals surface area (Å²) in [4.78, 5) is 0. The van der Waals surface area contributed by atoms with Gasteiger partial charge in [0, 0.05) is 24.3 Å². The van der Waals surface area contributed by atoms with Crippen molar-refractivity contribution in [2.24, 2.45) is 5.92 Å². The van der Waals surface area contributed by atoms with E-state index in [0.717, 1.165) is 30.1 Å². The van der Waals surface area contributed by atoms with Crippen LogP contribution in [0.1, 0.15) is 37.2 Å². The van der Waals surface area contributed by atoms with E-state index >= 15 is 0 Å². The monoisotopic (exact) mass is 279 g/mol. The van der Waals surface area contributed by atoms with Crippen LogP contribution < -0.4 is 5.32 Å². The molecule has 2 fully saturated rings. The average Bonchev–Trinajstić information content (AvgIpc) is 2.40. The third-order valence-corrected chi connectivity index (χ3v) is 4.77. The number of halogens is 1. The Kier molecular flexibility index (Phi) is 4.42. The van der Waals surface area contributed by atoms with Gasteiger partial charge >= 0.3 is 0 Å².